The number of aliphatic carboxylic acids is 1. The number of aromatic nitrogens is 5. The Bertz CT molecular complexity index is 1180. The minimum absolute atomic E-state index is 0.223. The summed E-state index contributed by atoms with van der Waals surface area (Å²) in [6, 6.07) is 5.44. The van der Waals surface area contributed by atoms with E-state index < -0.39 is 12.1 Å². The summed E-state index contributed by atoms with van der Waals surface area (Å²) in [7, 11) is 1.61. The number of carbonyl (C=O) groups is 2. The van der Waals surface area contributed by atoms with E-state index in [1.807, 2.05) is 26.0 Å². The lowest BCUT2D eigenvalue weighted by molar-refractivity contribution is -0.192. The number of amides is 1. The van der Waals surface area contributed by atoms with Gasteiger partial charge in [-0.25, -0.2) is 14.5 Å². The number of ether oxygens (including phenoxy) is 2. The molecule has 0 aromatic carbocycles. The molecule has 1 amide bonds. The predicted molar refractivity (Wildman–Crippen MR) is 117 cm³/mol. The molecule has 3 aromatic rings. The second-order valence-electron chi connectivity index (χ2n) is 7.01. The Kier molecular flexibility index (Phi) is 9.22. The summed E-state index contributed by atoms with van der Waals surface area (Å²) in [4.78, 5) is 33.7. The Morgan fingerprint density at radius 2 is 1.80 bits per heavy atom. The maximum Gasteiger partial charge on any atom is 0.490 e. The number of carbonyl (C=O) groups excluding carboxylic acids is 1. The molecule has 3 heterocycles. The molecule has 3 aromatic heterocycles. The highest BCUT2D eigenvalue weighted by molar-refractivity contribution is 5.88. The molecule has 0 bridgehead atoms. The number of hydrogen-bond donors (Lipinski definition) is 2. The fraction of sp³-hybridized carbons (Fsp3) is 0.333. The lowest BCUT2D eigenvalue weighted by Crippen LogP contribution is -2.21. The van der Waals surface area contributed by atoms with E-state index in [4.69, 9.17) is 19.4 Å². The van der Waals surface area contributed by atoms with Crippen molar-refractivity contribution < 1.29 is 37.3 Å². The van der Waals surface area contributed by atoms with Crippen molar-refractivity contribution in [3.63, 3.8) is 0 Å². The number of rotatable bonds is 7. The highest BCUT2D eigenvalue weighted by atomic mass is 19.4. The van der Waals surface area contributed by atoms with Crippen LogP contribution in [0.3, 0.4) is 0 Å². The molecule has 0 atom stereocenters. The van der Waals surface area contributed by atoms with Gasteiger partial charge in [0.05, 0.1) is 24.2 Å². The molecule has 0 unspecified atom stereocenters. The van der Waals surface area contributed by atoms with E-state index in [0.717, 1.165) is 17.0 Å². The van der Waals surface area contributed by atoms with Gasteiger partial charge >= 0.3 is 12.1 Å². The van der Waals surface area contributed by atoms with E-state index in [1.54, 1.807) is 30.3 Å². The van der Waals surface area contributed by atoms with Crippen molar-refractivity contribution in [2.75, 3.05) is 25.6 Å². The minimum atomic E-state index is -5.08. The number of pyridine rings is 1. The monoisotopic (exact) mass is 496 g/mol. The van der Waals surface area contributed by atoms with E-state index >= 15 is 0 Å². The lowest BCUT2D eigenvalue weighted by atomic mass is 10.2. The van der Waals surface area contributed by atoms with Crippen LogP contribution in [0.1, 0.15) is 18.3 Å². The number of hydrogen-bond acceptors (Lipinski definition) is 8. The first-order valence-electron chi connectivity index (χ1n) is 9.98. The van der Waals surface area contributed by atoms with Crippen LogP contribution in [0, 0.1) is 13.8 Å². The first-order valence-corrected chi connectivity index (χ1v) is 9.98. The Hall–Kier alpha value is -4.07. The zero-order valence-electron chi connectivity index (χ0n) is 19.3. The minimum Gasteiger partial charge on any atom is -0.490 e. The molecule has 14 heteroatoms. The van der Waals surface area contributed by atoms with Gasteiger partial charge in [0, 0.05) is 37.6 Å². The molecule has 0 spiro atoms. The van der Waals surface area contributed by atoms with Crippen molar-refractivity contribution in [2.24, 2.45) is 0 Å². The summed E-state index contributed by atoms with van der Waals surface area (Å²) < 4.78 is 44.0. The van der Waals surface area contributed by atoms with Crippen molar-refractivity contribution in [3.8, 4) is 23.0 Å². The number of nitrogens with zero attached hydrogens (tertiary/aromatic N) is 5. The van der Waals surface area contributed by atoms with Crippen LogP contribution >= 0.6 is 0 Å². The van der Waals surface area contributed by atoms with Gasteiger partial charge in [-0.15, -0.1) is 0 Å². The van der Waals surface area contributed by atoms with Gasteiger partial charge in [0.15, 0.2) is 0 Å². The van der Waals surface area contributed by atoms with Crippen molar-refractivity contribution in [1.29, 1.82) is 0 Å². The molecule has 0 aliphatic rings. The number of carboxylic acids is 1. The van der Waals surface area contributed by atoms with Gasteiger partial charge in [0.2, 0.25) is 5.91 Å². The second kappa shape index (κ2) is 11.9. The molecule has 11 nitrogen and oxygen atoms in total. The van der Waals surface area contributed by atoms with Crippen LogP contribution in [0.2, 0.25) is 0 Å². The van der Waals surface area contributed by atoms with Crippen LogP contribution in [0.4, 0.5) is 19.0 Å². The van der Waals surface area contributed by atoms with Gasteiger partial charge in [-0.1, -0.05) is 0 Å². The SMILES string of the molecule is COCCOc1cncc(-c2cc(NC(C)=O)nc(-n3nc(C)cc3C)n2)c1.O=C(O)C(F)(F)F. The Morgan fingerprint density at radius 1 is 1.11 bits per heavy atom. The second-order valence-corrected chi connectivity index (χ2v) is 7.01. The highest BCUT2D eigenvalue weighted by Crippen LogP contribution is 2.24. The Labute approximate surface area is 197 Å². The summed E-state index contributed by atoms with van der Waals surface area (Å²) in [6.07, 6.45) is -1.79. The van der Waals surface area contributed by atoms with Crippen molar-refractivity contribution in [3.05, 3.63) is 42.0 Å². The average molecular weight is 496 g/mol. The summed E-state index contributed by atoms with van der Waals surface area (Å²) in [5.41, 5.74) is 3.05. The van der Waals surface area contributed by atoms with E-state index in [2.05, 4.69) is 25.4 Å². The first kappa shape index (κ1) is 27.2. The summed E-state index contributed by atoms with van der Waals surface area (Å²) in [6.45, 7) is 6.13. The number of methoxy groups -OCH3 is 1. The molecule has 0 fully saturated rings. The number of carboxylic acid groups (broad SMARTS) is 1. The number of nitrogens with one attached hydrogen (secondary N) is 1. The lowest BCUT2D eigenvalue weighted by Gasteiger charge is -2.11. The van der Waals surface area contributed by atoms with Gasteiger partial charge < -0.3 is 19.9 Å². The van der Waals surface area contributed by atoms with E-state index in [-0.39, 0.29) is 5.91 Å². The Balaban J connectivity index is 0.000000540. The third-order valence-corrected chi connectivity index (χ3v) is 4.03. The van der Waals surface area contributed by atoms with Crippen molar-refractivity contribution >= 4 is 17.7 Å². The van der Waals surface area contributed by atoms with Gasteiger partial charge in [-0.3, -0.25) is 9.78 Å². The van der Waals surface area contributed by atoms with Gasteiger partial charge in [0.25, 0.3) is 5.95 Å². The maximum absolute atomic E-state index is 11.5. The fourth-order valence-corrected chi connectivity index (χ4v) is 2.63. The Morgan fingerprint density at radius 3 is 2.34 bits per heavy atom. The number of aryl methyl sites for hydroxylation is 2. The molecule has 0 aliphatic carbocycles. The summed E-state index contributed by atoms with van der Waals surface area (Å²) >= 11 is 0. The predicted octanol–water partition coefficient (Wildman–Crippen LogP) is 2.96. The fourth-order valence-electron chi connectivity index (χ4n) is 2.63. The van der Waals surface area contributed by atoms with Gasteiger partial charge in [0.1, 0.15) is 18.2 Å². The molecule has 0 radical (unpaired) electrons. The third kappa shape index (κ3) is 8.33. The van der Waals surface area contributed by atoms with Crippen LogP contribution in [0.25, 0.3) is 17.2 Å². The molecule has 2 N–H and O–H groups in total. The van der Waals surface area contributed by atoms with E-state index in [0.29, 0.717) is 36.4 Å². The average Bonchev–Trinajstić information content (AvgIpc) is 3.11. The normalized spacial score (nSPS) is 10.8. The molecular weight excluding hydrogens is 473 g/mol. The van der Waals surface area contributed by atoms with E-state index in [1.165, 1.54) is 6.92 Å². The zero-order chi connectivity index (χ0) is 26.2. The molecule has 0 saturated heterocycles. The standard InChI is InChI=1S/C19H22N6O3.C2HF3O2/c1-12-7-13(2)25(24-12)19-22-17(9-18(23-19)21-14(3)26)15-8-16(11-20-10-15)28-6-5-27-4;3-2(4,5)1(6)7/h7-11H,5-6H2,1-4H3,(H,21,22,23,26);(H,6,7). The molecule has 3 rings (SSSR count). The number of halogens is 3. The smallest absolute Gasteiger partial charge is 0.490 e. The van der Waals surface area contributed by atoms with Crippen LogP contribution < -0.4 is 10.1 Å². The summed E-state index contributed by atoms with van der Waals surface area (Å²) in [5, 5.41) is 14.3. The van der Waals surface area contributed by atoms with Crippen molar-refractivity contribution in [1.82, 2.24) is 24.7 Å². The molecule has 0 saturated carbocycles. The van der Waals surface area contributed by atoms with Gasteiger partial charge in [-0.05, 0) is 26.0 Å². The molecule has 188 valence electrons. The quantitative estimate of drug-likeness (QED) is 0.472. The molecular formula is C21H23F3N6O5. The van der Waals surface area contributed by atoms with Gasteiger partial charge in [-0.2, -0.15) is 23.3 Å². The van der Waals surface area contributed by atoms with Crippen LogP contribution in [0.15, 0.2) is 30.6 Å². The van der Waals surface area contributed by atoms with Crippen molar-refractivity contribution in [2.45, 2.75) is 26.9 Å². The van der Waals surface area contributed by atoms with Crippen LogP contribution in [-0.2, 0) is 14.3 Å². The molecule has 35 heavy (non-hydrogen) atoms. The van der Waals surface area contributed by atoms with Crippen LogP contribution in [0.5, 0.6) is 5.75 Å². The first-order chi connectivity index (χ1) is 16.4. The zero-order valence-corrected chi connectivity index (χ0v) is 19.3. The number of anilines is 1. The summed E-state index contributed by atoms with van der Waals surface area (Å²) in [5.74, 6) is -1.64. The largest absolute Gasteiger partial charge is 0.490 e. The highest BCUT2D eigenvalue weighted by Gasteiger charge is 2.38. The maximum atomic E-state index is 11.5. The molecule has 0 aliphatic heterocycles. The topological polar surface area (TPSA) is 141 Å². The number of alkyl halides is 3. The third-order valence-electron chi connectivity index (χ3n) is 4.03. The van der Waals surface area contributed by atoms with E-state index in [9.17, 15) is 18.0 Å². The van der Waals surface area contributed by atoms with Crippen LogP contribution in [-0.4, -0.2) is 68.2 Å².